The van der Waals surface area contributed by atoms with Crippen molar-refractivity contribution >= 4 is 8.32 Å². The molecule has 1 aliphatic heterocycles. The number of ether oxygens (including phenoxy) is 2. The molecule has 3 atom stereocenters. The van der Waals surface area contributed by atoms with Gasteiger partial charge in [-0.2, -0.15) is 4.91 Å². The summed E-state index contributed by atoms with van der Waals surface area (Å²) in [5.41, 5.74) is 0. The van der Waals surface area contributed by atoms with Gasteiger partial charge in [0.15, 0.2) is 14.1 Å². The molecule has 0 aromatic heterocycles. The van der Waals surface area contributed by atoms with Crippen LogP contribution in [-0.2, 0) is 13.9 Å². The molecule has 1 aliphatic rings. The Balaban J connectivity index is 2.76. The SMILES string of the molecule is C=C[C@@H]1OC(C)(C)O[C@@H]1[C@@H](CO[Si](C)(C)C(C)(C)C)N=O. The summed E-state index contributed by atoms with van der Waals surface area (Å²) in [5, 5.41) is 3.30. The average Bonchev–Trinajstić information content (AvgIpc) is 2.64. The van der Waals surface area contributed by atoms with E-state index in [0.717, 1.165) is 0 Å². The predicted molar refractivity (Wildman–Crippen MR) is 86.8 cm³/mol. The van der Waals surface area contributed by atoms with Gasteiger partial charge in [-0.25, -0.2) is 0 Å². The van der Waals surface area contributed by atoms with Crippen LogP contribution in [0.3, 0.4) is 0 Å². The minimum atomic E-state index is -1.92. The van der Waals surface area contributed by atoms with Gasteiger partial charge in [-0.1, -0.05) is 32.0 Å². The molecule has 1 rings (SSSR count). The van der Waals surface area contributed by atoms with Crippen LogP contribution in [0.4, 0.5) is 0 Å². The van der Waals surface area contributed by atoms with E-state index in [4.69, 9.17) is 13.9 Å². The van der Waals surface area contributed by atoms with E-state index in [-0.39, 0.29) is 17.7 Å². The molecule has 1 saturated heterocycles. The summed E-state index contributed by atoms with van der Waals surface area (Å²) in [6.45, 7) is 18.4. The molecule has 0 amide bonds. The van der Waals surface area contributed by atoms with Gasteiger partial charge in [0.2, 0.25) is 0 Å². The molecule has 0 N–H and O–H groups in total. The number of rotatable bonds is 6. The molecule has 0 unspecified atom stereocenters. The van der Waals surface area contributed by atoms with Crippen LogP contribution >= 0.6 is 0 Å². The second-order valence-corrected chi connectivity index (χ2v) is 12.4. The van der Waals surface area contributed by atoms with Crippen LogP contribution in [-0.4, -0.2) is 39.0 Å². The smallest absolute Gasteiger partial charge is 0.192 e. The first kappa shape index (κ1) is 18.5. The third kappa shape index (κ3) is 4.45. The van der Waals surface area contributed by atoms with Crippen LogP contribution in [0.15, 0.2) is 17.8 Å². The zero-order valence-corrected chi connectivity index (χ0v) is 15.3. The van der Waals surface area contributed by atoms with E-state index in [1.807, 2.05) is 13.8 Å². The number of nitroso groups, excluding NO2 is 1. The Labute approximate surface area is 129 Å². The molecule has 0 aromatic carbocycles. The Hall–Kier alpha value is -0.563. The van der Waals surface area contributed by atoms with Crippen molar-refractivity contribution in [2.75, 3.05) is 6.61 Å². The fourth-order valence-electron chi connectivity index (χ4n) is 1.99. The number of hydrogen-bond donors (Lipinski definition) is 0. The van der Waals surface area contributed by atoms with Crippen LogP contribution in [0.1, 0.15) is 34.6 Å². The molecular formula is C15H29NO4Si. The van der Waals surface area contributed by atoms with Gasteiger partial charge in [0.05, 0.1) is 6.61 Å². The molecule has 0 bridgehead atoms. The highest BCUT2D eigenvalue weighted by atomic mass is 28.4. The van der Waals surface area contributed by atoms with Gasteiger partial charge in [0.25, 0.3) is 0 Å². The fraction of sp³-hybridized carbons (Fsp3) is 0.867. The van der Waals surface area contributed by atoms with E-state index in [9.17, 15) is 4.91 Å². The minimum absolute atomic E-state index is 0.0879. The highest BCUT2D eigenvalue weighted by molar-refractivity contribution is 6.74. The Morgan fingerprint density at radius 2 is 1.95 bits per heavy atom. The molecule has 0 aromatic rings. The Kier molecular flexibility index (Phi) is 5.53. The minimum Gasteiger partial charge on any atom is -0.414 e. The highest BCUT2D eigenvalue weighted by Crippen LogP contribution is 2.37. The van der Waals surface area contributed by atoms with Gasteiger partial charge in [0, 0.05) is 0 Å². The molecule has 1 fully saturated rings. The topological polar surface area (TPSA) is 57.1 Å². The van der Waals surface area contributed by atoms with E-state index in [0.29, 0.717) is 0 Å². The summed E-state index contributed by atoms with van der Waals surface area (Å²) < 4.78 is 17.6. The summed E-state index contributed by atoms with van der Waals surface area (Å²) in [4.78, 5) is 11.2. The van der Waals surface area contributed by atoms with Crippen molar-refractivity contribution < 1.29 is 13.9 Å². The third-order valence-corrected chi connectivity index (χ3v) is 8.83. The Bertz CT molecular complexity index is 390. The average molecular weight is 315 g/mol. The van der Waals surface area contributed by atoms with E-state index >= 15 is 0 Å². The van der Waals surface area contributed by atoms with Crippen molar-refractivity contribution in [1.82, 2.24) is 0 Å². The van der Waals surface area contributed by atoms with Crippen LogP contribution in [0, 0.1) is 4.91 Å². The van der Waals surface area contributed by atoms with Crippen molar-refractivity contribution in [2.45, 2.75) is 76.8 Å². The molecule has 21 heavy (non-hydrogen) atoms. The second kappa shape index (κ2) is 6.28. The van der Waals surface area contributed by atoms with Crippen LogP contribution in [0.25, 0.3) is 0 Å². The van der Waals surface area contributed by atoms with Gasteiger partial charge < -0.3 is 13.9 Å². The van der Waals surface area contributed by atoms with Crippen molar-refractivity contribution in [2.24, 2.45) is 5.18 Å². The van der Waals surface area contributed by atoms with Crippen LogP contribution < -0.4 is 0 Å². The molecule has 5 nitrogen and oxygen atoms in total. The lowest BCUT2D eigenvalue weighted by atomic mass is 10.1. The molecule has 6 heteroatoms. The Morgan fingerprint density at radius 1 is 1.38 bits per heavy atom. The molecule has 1 heterocycles. The molecule has 0 radical (unpaired) electrons. The van der Waals surface area contributed by atoms with Gasteiger partial charge in [0.1, 0.15) is 18.2 Å². The summed E-state index contributed by atoms with van der Waals surface area (Å²) in [5.74, 6) is -0.733. The molecular weight excluding hydrogens is 286 g/mol. The maximum absolute atomic E-state index is 11.2. The maximum Gasteiger partial charge on any atom is 0.192 e. The lowest BCUT2D eigenvalue weighted by molar-refractivity contribution is -0.145. The quantitative estimate of drug-likeness (QED) is 0.424. The lowest BCUT2D eigenvalue weighted by Crippen LogP contribution is -2.45. The van der Waals surface area contributed by atoms with E-state index in [2.05, 4.69) is 45.6 Å². The summed E-state index contributed by atoms with van der Waals surface area (Å²) in [6, 6.07) is -0.594. The molecule has 0 spiro atoms. The summed E-state index contributed by atoms with van der Waals surface area (Å²) in [6.07, 6.45) is 0.870. The first-order valence-electron chi connectivity index (χ1n) is 7.38. The molecule has 0 saturated carbocycles. The first-order chi connectivity index (χ1) is 9.43. The van der Waals surface area contributed by atoms with Crippen LogP contribution in [0.2, 0.25) is 18.1 Å². The van der Waals surface area contributed by atoms with Crippen molar-refractivity contribution in [3.63, 3.8) is 0 Å². The largest absolute Gasteiger partial charge is 0.414 e. The van der Waals surface area contributed by atoms with Gasteiger partial charge in [-0.3, -0.25) is 0 Å². The zero-order chi connectivity index (χ0) is 16.5. The normalized spacial score (nSPS) is 27.4. The molecule has 122 valence electrons. The Morgan fingerprint density at radius 3 is 2.38 bits per heavy atom. The number of hydrogen-bond acceptors (Lipinski definition) is 5. The predicted octanol–water partition coefficient (Wildman–Crippen LogP) is 3.85. The highest BCUT2D eigenvalue weighted by Gasteiger charge is 2.46. The lowest BCUT2D eigenvalue weighted by Gasteiger charge is -2.37. The van der Waals surface area contributed by atoms with Crippen LogP contribution in [0.5, 0.6) is 0 Å². The van der Waals surface area contributed by atoms with E-state index in [1.165, 1.54) is 0 Å². The van der Waals surface area contributed by atoms with Gasteiger partial charge in [-0.05, 0) is 32.0 Å². The molecule has 0 aliphatic carbocycles. The third-order valence-electron chi connectivity index (χ3n) is 4.33. The first-order valence-corrected chi connectivity index (χ1v) is 10.3. The second-order valence-electron chi connectivity index (χ2n) is 7.54. The van der Waals surface area contributed by atoms with Crippen molar-refractivity contribution in [3.8, 4) is 0 Å². The van der Waals surface area contributed by atoms with Gasteiger partial charge >= 0.3 is 0 Å². The van der Waals surface area contributed by atoms with E-state index < -0.39 is 26.3 Å². The van der Waals surface area contributed by atoms with Gasteiger partial charge in [-0.15, -0.1) is 6.58 Å². The van der Waals surface area contributed by atoms with E-state index in [1.54, 1.807) is 6.08 Å². The standard InChI is InChI=1S/C15H29NO4Si/c1-9-12-13(20-15(5,6)19-12)11(16-17)10-18-21(7,8)14(2,3)4/h9,11-13H,1,10H2,2-8H3/t11-,12+,13-/m1/s1. The van der Waals surface area contributed by atoms with Crippen molar-refractivity contribution in [1.29, 1.82) is 0 Å². The number of nitrogens with zero attached hydrogens (tertiary/aromatic N) is 1. The maximum atomic E-state index is 11.2. The summed E-state index contributed by atoms with van der Waals surface area (Å²) >= 11 is 0. The van der Waals surface area contributed by atoms with Crippen molar-refractivity contribution in [3.05, 3.63) is 17.6 Å². The monoisotopic (exact) mass is 315 g/mol. The fourth-order valence-corrected chi connectivity index (χ4v) is 3.01. The zero-order valence-electron chi connectivity index (χ0n) is 14.3. The summed E-state index contributed by atoms with van der Waals surface area (Å²) in [7, 11) is -1.92.